The molecule has 0 radical (unpaired) electrons. The molecule has 4 rings (SSSR count). The summed E-state index contributed by atoms with van der Waals surface area (Å²) in [7, 11) is 1.45. The van der Waals surface area contributed by atoms with Crippen LogP contribution in [0.1, 0.15) is 28.6 Å². The van der Waals surface area contributed by atoms with Gasteiger partial charge in [0.25, 0.3) is 5.91 Å². The molecule has 0 saturated carbocycles. The van der Waals surface area contributed by atoms with Gasteiger partial charge in [-0.3, -0.25) is 4.79 Å². The lowest BCUT2D eigenvalue weighted by Gasteiger charge is -2.16. The molecule has 1 atom stereocenters. The zero-order valence-corrected chi connectivity index (χ0v) is 23.3. The fourth-order valence-corrected chi connectivity index (χ4v) is 5.27. The summed E-state index contributed by atoms with van der Waals surface area (Å²) in [5.74, 6) is -0.180. The van der Waals surface area contributed by atoms with Crippen LogP contribution in [0.4, 0.5) is 0 Å². The zero-order valence-electron chi connectivity index (χ0n) is 20.2. The van der Waals surface area contributed by atoms with E-state index in [1.165, 1.54) is 30.7 Å². The second-order valence-electron chi connectivity index (χ2n) is 7.86. The largest absolute Gasteiger partial charge is 0.493 e. The van der Waals surface area contributed by atoms with Crippen molar-refractivity contribution < 1.29 is 23.8 Å². The van der Waals surface area contributed by atoms with Crippen LogP contribution in [0.2, 0.25) is 15.1 Å². The molecule has 0 aliphatic rings. The molecule has 0 aliphatic heterocycles. The van der Waals surface area contributed by atoms with Crippen LogP contribution in [0.3, 0.4) is 0 Å². The summed E-state index contributed by atoms with van der Waals surface area (Å²) in [6.07, 6.45) is 0.998. The Bertz CT molecular complexity index is 1520. The summed E-state index contributed by atoms with van der Waals surface area (Å²) in [6, 6.07) is 17.1. The number of ether oxygens (including phenoxy) is 3. The molecule has 0 spiro atoms. The number of hydrogen-bond donors (Lipinski definition) is 1. The number of carbonyl (C=O) groups excluding carboxylic acids is 2. The smallest absolute Gasteiger partial charge is 0.355 e. The van der Waals surface area contributed by atoms with Crippen LogP contribution in [0.5, 0.6) is 17.2 Å². The molecular weight excluding hydrogens is 571 g/mol. The Labute approximate surface area is 237 Å². The summed E-state index contributed by atoms with van der Waals surface area (Å²) in [4.78, 5) is 25.7. The maximum absolute atomic E-state index is 12.8. The van der Waals surface area contributed by atoms with Gasteiger partial charge in [0.15, 0.2) is 17.6 Å². The lowest BCUT2D eigenvalue weighted by atomic mass is 10.2. The fourth-order valence-electron chi connectivity index (χ4n) is 3.43. The average molecular weight is 592 g/mol. The van der Waals surface area contributed by atoms with Crippen molar-refractivity contribution >= 4 is 74.3 Å². The highest BCUT2D eigenvalue weighted by Gasteiger charge is 2.21. The van der Waals surface area contributed by atoms with Crippen molar-refractivity contribution in [1.82, 2.24) is 5.43 Å². The minimum atomic E-state index is -0.817. The molecule has 0 fully saturated rings. The number of hydrazone groups is 1. The first-order valence-electron chi connectivity index (χ1n) is 11.3. The van der Waals surface area contributed by atoms with Gasteiger partial charge in [-0.1, -0.05) is 59.9 Å². The molecule has 3 aromatic carbocycles. The zero-order chi connectivity index (χ0) is 27.2. The molecule has 0 aliphatic carbocycles. The summed E-state index contributed by atoms with van der Waals surface area (Å²) in [6.45, 7) is 1.80. The average Bonchev–Trinajstić information content (AvgIpc) is 3.25. The van der Waals surface area contributed by atoms with Gasteiger partial charge in [0.05, 0.1) is 23.4 Å². The van der Waals surface area contributed by atoms with Gasteiger partial charge in [-0.15, -0.1) is 11.3 Å². The highest BCUT2D eigenvalue weighted by molar-refractivity contribution is 7.21. The van der Waals surface area contributed by atoms with Crippen molar-refractivity contribution in [2.75, 3.05) is 7.11 Å². The maximum atomic E-state index is 12.8. The van der Waals surface area contributed by atoms with Gasteiger partial charge in [0, 0.05) is 15.1 Å². The minimum absolute atomic E-state index is 0.214. The Balaban J connectivity index is 1.41. The SMILES string of the molecule is CCC(Oc1ccc(Cl)cc1Cl)C(=O)NN=Cc1ccc(OC(=O)c2sc3ccccc3c2Cl)c(OC)c1. The van der Waals surface area contributed by atoms with E-state index in [0.29, 0.717) is 43.4 Å². The lowest BCUT2D eigenvalue weighted by Crippen LogP contribution is -2.35. The van der Waals surface area contributed by atoms with Crippen LogP contribution in [-0.2, 0) is 4.79 Å². The number of methoxy groups -OCH3 is 1. The van der Waals surface area contributed by atoms with Gasteiger partial charge < -0.3 is 14.2 Å². The first kappa shape index (κ1) is 27.7. The van der Waals surface area contributed by atoms with Gasteiger partial charge in [-0.2, -0.15) is 5.10 Å². The highest BCUT2D eigenvalue weighted by atomic mass is 35.5. The normalized spacial score (nSPS) is 11.9. The van der Waals surface area contributed by atoms with Crippen molar-refractivity contribution in [3.8, 4) is 17.2 Å². The molecule has 38 heavy (non-hydrogen) atoms. The summed E-state index contributed by atoms with van der Waals surface area (Å²) < 4.78 is 17.5. The third kappa shape index (κ3) is 6.39. The van der Waals surface area contributed by atoms with Crippen LogP contribution in [0, 0.1) is 0 Å². The number of thiophene rings is 1. The molecule has 11 heteroatoms. The van der Waals surface area contributed by atoms with E-state index in [9.17, 15) is 9.59 Å². The number of esters is 1. The van der Waals surface area contributed by atoms with Crippen molar-refractivity contribution in [1.29, 1.82) is 0 Å². The number of nitrogens with zero attached hydrogens (tertiary/aromatic N) is 1. The van der Waals surface area contributed by atoms with Crippen LogP contribution in [0.25, 0.3) is 10.1 Å². The molecule has 0 saturated heterocycles. The first-order chi connectivity index (χ1) is 18.3. The van der Waals surface area contributed by atoms with Crippen LogP contribution < -0.4 is 19.6 Å². The second-order valence-corrected chi connectivity index (χ2v) is 10.1. The van der Waals surface area contributed by atoms with E-state index in [0.717, 1.165) is 10.1 Å². The maximum Gasteiger partial charge on any atom is 0.355 e. The number of rotatable bonds is 9. The van der Waals surface area contributed by atoms with E-state index >= 15 is 0 Å². The summed E-state index contributed by atoms with van der Waals surface area (Å²) in [5, 5.41) is 5.90. The molecule has 1 N–H and O–H groups in total. The predicted octanol–water partition coefficient (Wildman–Crippen LogP) is 7.40. The molecule has 1 heterocycles. The van der Waals surface area contributed by atoms with Gasteiger partial charge in [0.2, 0.25) is 0 Å². The van der Waals surface area contributed by atoms with E-state index in [-0.39, 0.29) is 5.75 Å². The molecule has 1 aromatic heterocycles. The van der Waals surface area contributed by atoms with Crippen LogP contribution in [-0.4, -0.2) is 31.3 Å². The minimum Gasteiger partial charge on any atom is -0.493 e. The number of hydrogen-bond acceptors (Lipinski definition) is 7. The van der Waals surface area contributed by atoms with Gasteiger partial charge in [0.1, 0.15) is 10.6 Å². The quantitative estimate of drug-likeness (QED) is 0.0949. The number of amides is 1. The molecule has 4 aromatic rings. The van der Waals surface area contributed by atoms with E-state index in [1.807, 2.05) is 24.3 Å². The standard InChI is InChI=1S/C27H21Cl3N2O5S/c1-3-19(36-20-11-9-16(28)13-18(20)29)26(33)32-31-14-15-8-10-21(22(12-15)35-2)37-27(34)25-24(30)17-6-4-5-7-23(17)38-25/h4-14,19H,3H2,1-2H3,(H,32,33). The monoisotopic (exact) mass is 590 g/mol. The number of carbonyl (C=O) groups is 2. The Morgan fingerprint density at radius 3 is 2.50 bits per heavy atom. The number of nitrogens with one attached hydrogen (secondary N) is 1. The Hall–Kier alpha value is -3.30. The van der Waals surface area contributed by atoms with E-state index in [2.05, 4.69) is 10.5 Å². The Kier molecular flexibility index (Phi) is 9.12. The third-order valence-corrected chi connectivity index (χ3v) is 7.51. The topological polar surface area (TPSA) is 86.2 Å². The third-order valence-electron chi connectivity index (χ3n) is 5.33. The van der Waals surface area contributed by atoms with Crippen molar-refractivity contribution in [3.63, 3.8) is 0 Å². The number of halogens is 3. The predicted molar refractivity (Wildman–Crippen MR) is 152 cm³/mol. The van der Waals surface area contributed by atoms with E-state index in [4.69, 9.17) is 49.0 Å². The Morgan fingerprint density at radius 2 is 1.79 bits per heavy atom. The van der Waals surface area contributed by atoms with Crippen molar-refractivity contribution in [2.24, 2.45) is 5.10 Å². The molecular formula is C27H21Cl3N2O5S. The van der Waals surface area contributed by atoms with Crippen LogP contribution in [0.15, 0.2) is 65.8 Å². The lowest BCUT2D eigenvalue weighted by molar-refractivity contribution is -0.128. The molecule has 0 bridgehead atoms. The van der Waals surface area contributed by atoms with Gasteiger partial charge in [-0.05, 0) is 54.4 Å². The van der Waals surface area contributed by atoms with Gasteiger partial charge in [-0.25, -0.2) is 10.2 Å². The second kappa shape index (κ2) is 12.5. The highest BCUT2D eigenvalue weighted by Crippen LogP contribution is 2.37. The molecule has 7 nitrogen and oxygen atoms in total. The summed E-state index contributed by atoms with van der Waals surface area (Å²) in [5.41, 5.74) is 3.05. The molecule has 196 valence electrons. The number of fused-ring (bicyclic) bond motifs is 1. The first-order valence-corrected chi connectivity index (χ1v) is 13.3. The molecule has 1 unspecified atom stereocenters. The molecule has 1 amide bonds. The van der Waals surface area contributed by atoms with E-state index in [1.54, 1.807) is 37.3 Å². The van der Waals surface area contributed by atoms with Crippen LogP contribution >= 0.6 is 46.1 Å². The van der Waals surface area contributed by atoms with Crippen molar-refractivity contribution in [3.05, 3.63) is 86.2 Å². The van der Waals surface area contributed by atoms with E-state index < -0.39 is 18.0 Å². The van der Waals surface area contributed by atoms with Crippen molar-refractivity contribution in [2.45, 2.75) is 19.4 Å². The fraction of sp³-hybridized carbons (Fsp3) is 0.148. The van der Waals surface area contributed by atoms with Gasteiger partial charge >= 0.3 is 5.97 Å². The summed E-state index contributed by atoms with van der Waals surface area (Å²) >= 11 is 19.7. The number of benzene rings is 3. The Morgan fingerprint density at radius 1 is 1.03 bits per heavy atom.